The molecule has 0 saturated heterocycles. The smallest absolute Gasteiger partial charge is 0.0226 e. The van der Waals surface area contributed by atoms with E-state index in [-0.39, 0.29) is 6.04 Å². The van der Waals surface area contributed by atoms with Crippen LogP contribution in [0.25, 0.3) is 0 Å². The zero-order valence-corrected chi connectivity index (χ0v) is 10.3. The summed E-state index contributed by atoms with van der Waals surface area (Å²) in [6.45, 7) is 0. The molecule has 2 heteroatoms. The summed E-state index contributed by atoms with van der Waals surface area (Å²) in [5, 5.41) is 0. The van der Waals surface area contributed by atoms with Crippen LogP contribution in [0.3, 0.4) is 0 Å². The Morgan fingerprint density at radius 2 is 2.13 bits per heavy atom. The minimum Gasteiger partial charge on any atom is -0.324 e. The van der Waals surface area contributed by atoms with Gasteiger partial charge in [0.05, 0.1) is 0 Å². The minimum absolute atomic E-state index is 0.274. The molecule has 1 aromatic carbocycles. The molecule has 0 amide bonds. The summed E-state index contributed by atoms with van der Waals surface area (Å²) < 4.78 is 1.20. The molecule has 0 bridgehead atoms. The summed E-state index contributed by atoms with van der Waals surface area (Å²) in [6.07, 6.45) is 6.85. The van der Waals surface area contributed by atoms with E-state index in [0.29, 0.717) is 0 Å². The van der Waals surface area contributed by atoms with Gasteiger partial charge < -0.3 is 5.73 Å². The van der Waals surface area contributed by atoms with E-state index in [0.717, 1.165) is 12.8 Å². The summed E-state index contributed by atoms with van der Waals surface area (Å²) >= 11 is 3.58. The van der Waals surface area contributed by atoms with Crippen molar-refractivity contribution in [2.45, 2.75) is 31.7 Å². The zero-order valence-electron chi connectivity index (χ0n) is 8.75. The molecule has 1 atom stereocenters. The largest absolute Gasteiger partial charge is 0.324 e. The van der Waals surface area contributed by atoms with Crippen molar-refractivity contribution in [3.63, 3.8) is 0 Å². The monoisotopic (exact) mass is 265 g/mol. The maximum Gasteiger partial charge on any atom is 0.0226 e. The van der Waals surface area contributed by atoms with Crippen molar-refractivity contribution in [3.05, 3.63) is 46.0 Å². The summed E-state index contributed by atoms with van der Waals surface area (Å²) in [5.74, 6) is 0. The fraction of sp³-hybridized carbons (Fsp3) is 0.385. The van der Waals surface area contributed by atoms with Crippen LogP contribution in [0.5, 0.6) is 0 Å². The van der Waals surface area contributed by atoms with E-state index in [1.165, 1.54) is 28.5 Å². The number of allylic oxidation sites excluding steroid dienone is 1. The van der Waals surface area contributed by atoms with Gasteiger partial charge in [0.2, 0.25) is 0 Å². The molecule has 0 fully saturated rings. The second-order valence-electron chi connectivity index (χ2n) is 4.15. The average Bonchev–Trinajstić information content (AvgIpc) is 2.22. The number of hydrogen-bond donors (Lipinski definition) is 1. The molecule has 2 rings (SSSR count). The Labute approximate surface area is 99.5 Å². The third kappa shape index (κ3) is 2.93. The number of nitrogens with two attached hydrogens (primary N) is 1. The Bertz CT molecular complexity index is 371. The predicted octanol–water partition coefficient (Wildman–Crippen LogP) is 3.43. The van der Waals surface area contributed by atoms with Gasteiger partial charge in [0.15, 0.2) is 0 Å². The van der Waals surface area contributed by atoms with E-state index in [9.17, 15) is 0 Å². The summed E-state index contributed by atoms with van der Waals surface area (Å²) in [5.41, 5.74) is 8.77. The minimum atomic E-state index is 0.274. The lowest BCUT2D eigenvalue weighted by Gasteiger charge is -2.18. The van der Waals surface area contributed by atoms with Crippen LogP contribution in [0, 0.1) is 0 Å². The highest BCUT2D eigenvalue weighted by atomic mass is 79.9. The van der Waals surface area contributed by atoms with Gasteiger partial charge >= 0.3 is 0 Å². The first-order valence-corrected chi connectivity index (χ1v) is 6.23. The molecule has 1 unspecified atom stereocenters. The number of hydrogen-bond acceptors (Lipinski definition) is 1. The van der Waals surface area contributed by atoms with Crippen LogP contribution in [-0.2, 0) is 6.42 Å². The molecule has 1 aromatic rings. The molecule has 1 aliphatic rings. The summed E-state index contributed by atoms with van der Waals surface area (Å²) in [4.78, 5) is 0. The van der Waals surface area contributed by atoms with Crippen LogP contribution in [0.4, 0.5) is 0 Å². The Morgan fingerprint density at radius 3 is 2.87 bits per heavy atom. The van der Waals surface area contributed by atoms with Gasteiger partial charge in [0.25, 0.3) is 0 Å². The van der Waals surface area contributed by atoms with E-state index in [1.54, 1.807) is 0 Å². The molecule has 2 N–H and O–H groups in total. The molecular weight excluding hydrogens is 250 g/mol. The van der Waals surface area contributed by atoms with Crippen molar-refractivity contribution >= 4 is 15.9 Å². The Morgan fingerprint density at radius 1 is 1.33 bits per heavy atom. The second kappa shape index (κ2) is 4.95. The van der Waals surface area contributed by atoms with Gasteiger partial charge in [-0.1, -0.05) is 45.8 Å². The standard InChI is InChI=1S/C13H16BrN/c14-13-7-2-1-5-11(13)8-10-4-3-6-12(15)9-10/h1-2,5,7,9,12H,3-4,6,8,15H2. The lowest BCUT2D eigenvalue weighted by molar-refractivity contribution is 0.617. The van der Waals surface area contributed by atoms with Crippen molar-refractivity contribution in [1.29, 1.82) is 0 Å². The van der Waals surface area contributed by atoms with E-state index in [4.69, 9.17) is 5.73 Å². The van der Waals surface area contributed by atoms with Crippen LogP contribution >= 0.6 is 15.9 Å². The normalized spacial score (nSPS) is 21.2. The third-order valence-electron chi connectivity index (χ3n) is 2.86. The van der Waals surface area contributed by atoms with Crippen molar-refractivity contribution in [2.75, 3.05) is 0 Å². The van der Waals surface area contributed by atoms with Gasteiger partial charge in [0.1, 0.15) is 0 Å². The molecule has 80 valence electrons. The molecule has 0 radical (unpaired) electrons. The third-order valence-corrected chi connectivity index (χ3v) is 3.63. The van der Waals surface area contributed by atoms with E-state index in [1.807, 2.05) is 0 Å². The molecule has 0 spiro atoms. The molecule has 0 heterocycles. The first-order chi connectivity index (χ1) is 7.25. The van der Waals surface area contributed by atoms with Crippen molar-refractivity contribution < 1.29 is 0 Å². The van der Waals surface area contributed by atoms with E-state index in [2.05, 4.69) is 46.3 Å². The second-order valence-corrected chi connectivity index (χ2v) is 5.00. The van der Waals surface area contributed by atoms with Gasteiger partial charge in [-0.3, -0.25) is 0 Å². The first-order valence-electron chi connectivity index (χ1n) is 5.44. The number of rotatable bonds is 2. The molecule has 15 heavy (non-hydrogen) atoms. The van der Waals surface area contributed by atoms with Crippen LogP contribution < -0.4 is 5.73 Å². The van der Waals surface area contributed by atoms with Crippen LogP contribution in [0.15, 0.2) is 40.4 Å². The number of halogens is 1. The van der Waals surface area contributed by atoms with Crippen molar-refractivity contribution in [1.82, 2.24) is 0 Å². The van der Waals surface area contributed by atoms with Crippen LogP contribution in [0.2, 0.25) is 0 Å². The average molecular weight is 266 g/mol. The quantitative estimate of drug-likeness (QED) is 0.815. The highest BCUT2D eigenvalue weighted by Crippen LogP contribution is 2.24. The maximum absolute atomic E-state index is 5.93. The zero-order chi connectivity index (χ0) is 10.7. The van der Waals surface area contributed by atoms with Gasteiger partial charge in [-0.2, -0.15) is 0 Å². The molecule has 0 aliphatic heterocycles. The van der Waals surface area contributed by atoms with E-state index >= 15 is 0 Å². The van der Waals surface area contributed by atoms with Crippen LogP contribution in [0.1, 0.15) is 24.8 Å². The predicted molar refractivity (Wildman–Crippen MR) is 67.8 cm³/mol. The van der Waals surface area contributed by atoms with E-state index < -0.39 is 0 Å². The molecule has 0 aromatic heterocycles. The van der Waals surface area contributed by atoms with Crippen LogP contribution in [-0.4, -0.2) is 6.04 Å². The lowest BCUT2D eigenvalue weighted by Crippen LogP contribution is -2.20. The Hall–Kier alpha value is -0.600. The molecular formula is C13H16BrN. The Balaban J connectivity index is 2.12. The van der Waals surface area contributed by atoms with Gasteiger partial charge in [-0.15, -0.1) is 0 Å². The maximum atomic E-state index is 5.93. The highest BCUT2D eigenvalue weighted by Gasteiger charge is 2.10. The fourth-order valence-corrected chi connectivity index (χ4v) is 2.49. The summed E-state index contributed by atoms with van der Waals surface area (Å²) in [6, 6.07) is 8.68. The topological polar surface area (TPSA) is 26.0 Å². The van der Waals surface area contributed by atoms with Crippen molar-refractivity contribution in [2.24, 2.45) is 5.73 Å². The summed E-state index contributed by atoms with van der Waals surface area (Å²) in [7, 11) is 0. The first kappa shape index (κ1) is 10.9. The molecule has 1 nitrogen and oxygen atoms in total. The fourth-order valence-electron chi connectivity index (χ4n) is 2.07. The number of benzene rings is 1. The lowest BCUT2D eigenvalue weighted by atomic mass is 9.92. The SMILES string of the molecule is NC1C=C(Cc2ccccc2Br)CCC1. The molecule has 1 aliphatic carbocycles. The van der Waals surface area contributed by atoms with Crippen molar-refractivity contribution in [3.8, 4) is 0 Å². The van der Waals surface area contributed by atoms with Gasteiger partial charge in [0, 0.05) is 10.5 Å². The van der Waals surface area contributed by atoms with Gasteiger partial charge in [-0.05, 0) is 37.3 Å². The molecule has 0 saturated carbocycles. The Kier molecular flexibility index (Phi) is 3.60. The highest BCUT2D eigenvalue weighted by molar-refractivity contribution is 9.10. The van der Waals surface area contributed by atoms with Gasteiger partial charge in [-0.25, -0.2) is 0 Å².